The van der Waals surface area contributed by atoms with Crippen molar-refractivity contribution in [1.82, 2.24) is 0 Å². The van der Waals surface area contributed by atoms with Crippen molar-refractivity contribution in [3.05, 3.63) is 65.0 Å². The van der Waals surface area contributed by atoms with Crippen molar-refractivity contribution in [2.24, 2.45) is 0 Å². The molecule has 0 radical (unpaired) electrons. The van der Waals surface area contributed by atoms with Crippen LogP contribution in [0.4, 0.5) is 10.1 Å². The average molecular weight is 297 g/mol. The largest absolute Gasteiger partial charge is 0.325 e. The number of amides is 1. The predicted octanol–water partition coefficient (Wildman–Crippen LogP) is 4.50. The van der Waals surface area contributed by atoms with Crippen LogP contribution in [0.15, 0.2) is 42.5 Å². The Morgan fingerprint density at radius 3 is 2.32 bits per heavy atom. The summed E-state index contributed by atoms with van der Waals surface area (Å²) < 4.78 is 13.1. The van der Waals surface area contributed by atoms with Gasteiger partial charge < -0.3 is 5.32 Å². The maximum absolute atomic E-state index is 13.1. The lowest BCUT2D eigenvalue weighted by atomic mass is 9.63. The molecule has 1 aliphatic carbocycles. The first-order chi connectivity index (χ1) is 10.5. The molecule has 0 spiro atoms. The Bertz CT molecular complexity index is 702. The quantitative estimate of drug-likeness (QED) is 0.887. The van der Waals surface area contributed by atoms with Gasteiger partial charge in [-0.15, -0.1) is 0 Å². The first kappa shape index (κ1) is 14.8. The van der Waals surface area contributed by atoms with Gasteiger partial charge in [0.25, 0.3) is 0 Å². The number of hydrogen-bond donors (Lipinski definition) is 1. The van der Waals surface area contributed by atoms with Crippen molar-refractivity contribution in [2.45, 2.75) is 38.5 Å². The molecule has 2 nitrogen and oxygen atoms in total. The van der Waals surface area contributed by atoms with E-state index in [1.807, 2.05) is 26.0 Å². The van der Waals surface area contributed by atoms with Crippen LogP contribution < -0.4 is 5.32 Å². The summed E-state index contributed by atoms with van der Waals surface area (Å²) in [4.78, 5) is 12.8. The highest BCUT2D eigenvalue weighted by molar-refractivity contribution is 6.00. The Hall–Kier alpha value is -2.16. The first-order valence-electron chi connectivity index (χ1n) is 7.66. The summed E-state index contributed by atoms with van der Waals surface area (Å²) in [5, 5.41) is 3.06. The van der Waals surface area contributed by atoms with Crippen LogP contribution in [0, 0.1) is 19.7 Å². The standard InChI is InChI=1S/C19H20FNO/c1-13-4-9-17(14(2)12-13)21-18(22)19(10-3-11-19)15-5-7-16(20)8-6-15/h4-9,12H,3,10-11H2,1-2H3,(H,21,22). The summed E-state index contributed by atoms with van der Waals surface area (Å²) in [6, 6.07) is 12.3. The molecule has 1 saturated carbocycles. The number of benzene rings is 2. The number of carbonyl (C=O) groups is 1. The molecule has 114 valence electrons. The summed E-state index contributed by atoms with van der Waals surface area (Å²) in [6.45, 7) is 4.03. The van der Waals surface area contributed by atoms with E-state index in [0.717, 1.165) is 36.1 Å². The monoisotopic (exact) mass is 297 g/mol. The molecule has 2 aromatic rings. The van der Waals surface area contributed by atoms with Gasteiger partial charge in [-0.25, -0.2) is 4.39 Å². The fourth-order valence-electron chi connectivity index (χ4n) is 3.14. The van der Waals surface area contributed by atoms with Crippen LogP contribution >= 0.6 is 0 Å². The highest BCUT2D eigenvalue weighted by Crippen LogP contribution is 2.44. The number of carbonyl (C=O) groups excluding carboxylic acids is 1. The van der Waals surface area contributed by atoms with Crippen molar-refractivity contribution in [1.29, 1.82) is 0 Å². The highest BCUT2D eigenvalue weighted by atomic mass is 19.1. The lowest BCUT2D eigenvalue weighted by molar-refractivity contribution is -0.124. The average Bonchev–Trinajstić information content (AvgIpc) is 2.43. The highest BCUT2D eigenvalue weighted by Gasteiger charge is 2.45. The first-order valence-corrected chi connectivity index (χ1v) is 7.66. The Kier molecular flexibility index (Phi) is 3.73. The van der Waals surface area contributed by atoms with Crippen molar-refractivity contribution in [3.8, 4) is 0 Å². The van der Waals surface area contributed by atoms with E-state index in [4.69, 9.17) is 0 Å². The van der Waals surface area contributed by atoms with Gasteiger partial charge in [-0.1, -0.05) is 36.2 Å². The van der Waals surface area contributed by atoms with Crippen molar-refractivity contribution < 1.29 is 9.18 Å². The number of rotatable bonds is 3. The predicted molar refractivity (Wildman–Crippen MR) is 86.5 cm³/mol. The molecule has 0 aromatic heterocycles. The normalized spacial score (nSPS) is 16.0. The molecular weight excluding hydrogens is 277 g/mol. The lowest BCUT2D eigenvalue weighted by Gasteiger charge is -2.40. The Labute approximate surface area is 130 Å². The molecule has 2 aromatic carbocycles. The molecule has 0 atom stereocenters. The molecule has 0 aliphatic heterocycles. The zero-order chi connectivity index (χ0) is 15.7. The van der Waals surface area contributed by atoms with Crippen LogP contribution in [0.25, 0.3) is 0 Å². The lowest BCUT2D eigenvalue weighted by Crippen LogP contribution is -2.46. The van der Waals surface area contributed by atoms with E-state index in [1.54, 1.807) is 12.1 Å². The van der Waals surface area contributed by atoms with E-state index in [2.05, 4.69) is 11.4 Å². The number of anilines is 1. The van der Waals surface area contributed by atoms with Gasteiger partial charge in [0.15, 0.2) is 0 Å². The molecular formula is C19H20FNO. The van der Waals surface area contributed by atoms with Crippen molar-refractivity contribution >= 4 is 11.6 Å². The van der Waals surface area contributed by atoms with E-state index in [1.165, 1.54) is 17.7 Å². The molecule has 3 heteroatoms. The molecule has 0 unspecified atom stereocenters. The minimum absolute atomic E-state index is 0.0114. The van der Waals surface area contributed by atoms with E-state index in [0.29, 0.717) is 0 Å². The van der Waals surface area contributed by atoms with Gasteiger partial charge in [0.1, 0.15) is 5.82 Å². The topological polar surface area (TPSA) is 29.1 Å². The van der Waals surface area contributed by atoms with Gasteiger partial charge in [0, 0.05) is 5.69 Å². The molecule has 0 saturated heterocycles. The summed E-state index contributed by atoms with van der Waals surface area (Å²) in [7, 11) is 0. The van der Waals surface area contributed by atoms with E-state index in [9.17, 15) is 9.18 Å². The third kappa shape index (κ3) is 2.52. The molecule has 1 aliphatic rings. The van der Waals surface area contributed by atoms with Crippen LogP contribution in [0.1, 0.15) is 36.0 Å². The SMILES string of the molecule is Cc1ccc(NC(=O)C2(c3ccc(F)cc3)CCC2)c(C)c1. The zero-order valence-corrected chi connectivity index (χ0v) is 12.9. The van der Waals surface area contributed by atoms with E-state index >= 15 is 0 Å². The van der Waals surface area contributed by atoms with Gasteiger partial charge in [-0.05, 0) is 56.0 Å². The maximum atomic E-state index is 13.1. The van der Waals surface area contributed by atoms with Crippen molar-refractivity contribution in [3.63, 3.8) is 0 Å². The zero-order valence-electron chi connectivity index (χ0n) is 12.9. The van der Waals surface area contributed by atoms with E-state index in [-0.39, 0.29) is 11.7 Å². The molecule has 0 bridgehead atoms. The second kappa shape index (κ2) is 5.56. The number of nitrogens with one attached hydrogen (secondary N) is 1. The number of halogens is 1. The van der Waals surface area contributed by atoms with Gasteiger partial charge in [-0.3, -0.25) is 4.79 Å². The van der Waals surface area contributed by atoms with E-state index < -0.39 is 5.41 Å². The van der Waals surface area contributed by atoms with Gasteiger partial charge in [0.2, 0.25) is 5.91 Å². The molecule has 1 N–H and O–H groups in total. The molecule has 1 amide bonds. The summed E-state index contributed by atoms with van der Waals surface area (Å²) >= 11 is 0. The van der Waals surface area contributed by atoms with Crippen LogP contribution in [-0.2, 0) is 10.2 Å². The van der Waals surface area contributed by atoms with Crippen LogP contribution in [-0.4, -0.2) is 5.91 Å². The fourth-order valence-corrected chi connectivity index (χ4v) is 3.14. The molecule has 22 heavy (non-hydrogen) atoms. The Morgan fingerprint density at radius 1 is 1.09 bits per heavy atom. The third-order valence-corrected chi connectivity index (χ3v) is 4.67. The van der Waals surface area contributed by atoms with Gasteiger partial charge in [0.05, 0.1) is 5.41 Å². The Morgan fingerprint density at radius 2 is 1.77 bits per heavy atom. The second-order valence-electron chi connectivity index (χ2n) is 6.22. The minimum atomic E-state index is -0.509. The number of aryl methyl sites for hydroxylation is 2. The van der Waals surface area contributed by atoms with Gasteiger partial charge >= 0.3 is 0 Å². The molecule has 1 fully saturated rings. The van der Waals surface area contributed by atoms with Crippen molar-refractivity contribution in [2.75, 3.05) is 5.32 Å². The number of hydrogen-bond acceptors (Lipinski definition) is 1. The van der Waals surface area contributed by atoms with Crippen LogP contribution in [0.3, 0.4) is 0 Å². The smallest absolute Gasteiger partial charge is 0.235 e. The fraction of sp³-hybridized carbons (Fsp3) is 0.316. The van der Waals surface area contributed by atoms with Crippen LogP contribution in [0.2, 0.25) is 0 Å². The minimum Gasteiger partial charge on any atom is -0.325 e. The van der Waals surface area contributed by atoms with Gasteiger partial charge in [-0.2, -0.15) is 0 Å². The molecule has 0 heterocycles. The summed E-state index contributed by atoms with van der Waals surface area (Å²) in [6.07, 6.45) is 2.66. The summed E-state index contributed by atoms with van der Waals surface area (Å²) in [5.74, 6) is -0.259. The molecule has 3 rings (SSSR count). The maximum Gasteiger partial charge on any atom is 0.235 e. The Balaban J connectivity index is 1.87. The second-order valence-corrected chi connectivity index (χ2v) is 6.22. The third-order valence-electron chi connectivity index (χ3n) is 4.67. The van der Waals surface area contributed by atoms with Crippen LogP contribution in [0.5, 0.6) is 0 Å². The summed E-state index contributed by atoms with van der Waals surface area (Å²) in [5.41, 5.74) is 3.48.